The van der Waals surface area contributed by atoms with Crippen LogP contribution in [-0.4, -0.2) is 36.0 Å². The molecule has 0 saturated carbocycles. The van der Waals surface area contributed by atoms with E-state index in [9.17, 15) is 13.2 Å². The molecule has 0 fully saturated rings. The number of nitrogens with one attached hydrogen (secondary N) is 1. The molecule has 0 atom stereocenters. The monoisotopic (exact) mass is 514 g/mol. The lowest BCUT2D eigenvalue weighted by atomic mass is 10.2. The van der Waals surface area contributed by atoms with Gasteiger partial charge in [0.25, 0.3) is 5.91 Å². The predicted molar refractivity (Wildman–Crippen MR) is 146 cm³/mol. The lowest BCUT2D eigenvalue weighted by molar-refractivity contribution is -0.121. The first-order chi connectivity index (χ1) is 17.8. The predicted octanol–water partition coefficient (Wildman–Crippen LogP) is 4.74. The third kappa shape index (κ3) is 6.22. The summed E-state index contributed by atoms with van der Waals surface area (Å²) in [5.41, 5.74) is 8.38. The van der Waals surface area contributed by atoms with Crippen LogP contribution in [0.25, 0.3) is 5.69 Å². The summed E-state index contributed by atoms with van der Waals surface area (Å²) in [5, 5.41) is 4.12. The highest BCUT2D eigenvalue weighted by Crippen LogP contribution is 2.20. The van der Waals surface area contributed by atoms with Crippen molar-refractivity contribution in [3.05, 3.63) is 119 Å². The van der Waals surface area contributed by atoms with Gasteiger partial charge in [-0.2, -0.15) is 9.41 Å². The molecule has 0 bridgehead atoms. The molecule has 4 aromatic rings. The molecule has 1 aromatic heterocycles. The van der Waals surface area contributed by atoms with Gasteiger partial charge < -0.3 is 4.57 Å². The fraction of sp³-hybridized carbons (Fsp3) is 0.172. The summed E-state index contributed by atoms with van der Waals surface area (Å²) in [7, 11) is -3.90. The molecule has 0 aliphatic carbocycles. The van der Waals surface area contributed by atoms with Gasteiger partial charge in [0.2, 0.25) is 10.0 Å². The molecule has 0 saturated heterocycles. The van der Waals surface area contributed by atoms with Crippen molar-refractivity contribution in [3.63, 3.8) is 0 Å². The molecule has 7 nitrogen and oxygen atoms in total. The highest BCUT2D eigenvalue weighted by molar-refractivity contribution is 7.89. The number of benzene rings is 3. The lowest BCUT2D eigenvalue weighted by Gasteiger charge is -2.21. The zero-order valence-corrected chi connectivity index (χ0v) is 21.9. The van der Waals surface area contributed by atoms with Gasteiger partial charge in [0.05, 0.1) is 17.7 Å². The highest BCUT2D eigenvalue weighted by Gasteiger charge is 2.26. The minimum Gasteiger partial charge on any atom is -0.318 e. The molecule has 190 valence electrons. The Kier molecular flexibility index (Phi) is 8.01. The summed E-state index contributed by atoms with van der Waals surface area (Å²) in [6.45, 7) is 5.74. The first-order valence-corrected chi connectivity index (χ1v) is 13.4. The van der Waals surface area contributed by atoms with Crippen LogP contribution in [-0.2, 0) is 21.4 Å². The van der Waals surface area contributed by atoms with Gasteiger partial charge in [-0.25, -0.2) is 13.8 Å². The number of sulfonamides is 1. The number of aryl methyl sites for hydroxylation is 2. The molecule has 0 radical (unpaired) electrons. The molecular weight excluding hydrogens is 484 g/mol. The molecule has 1 heterocycles. The van der Waals surface area contributed by atoms with Crippen molar-refractivity contribution in [2.24, 2.45) is 5.10 Å². The van der Waals surface area contributed by atoms with Gasteiger partial charge in [-0.1, -0.05) is 66.2 Å². The number of carbonyl (C=O) groups excluding carboxylic acids is 1. The number of hydrogen-bond donors (Lipinski definition) is 1. The smallest absolute Gasteiger partial charge is 0.255 e. The summed E-state index contributed by atoms with van der Waals surface area (Å²) in [4.78, 5) is 12.9. The van der Waals surface area contributed by atoms with Gasteiger partial charge in [0.15, 0.2) is 0 Å². The van der Waals surface area contributed by atoms with Gasteiger partial charge >= 0.3 is 0 Å². The average molecular weight is 515 g/mol. The minimum atomic E-state index is -3.90. The molecule has 4 rings (SSSR count). The van der Waals surface area contributed by atoms with E-state index in [0.717, 1.165) is 32.5 Å². The number of carbonyl (C=O) groups is 1. The summed E-state index contributed by atoms with van der Waals surface area (Å²) in [5.74, 6) is -0.529. The second-order valence-electron chi connectivity index (χ2n) is 8.86. The van der Waals surface area contributed by atoms with Gasteiger partial charge in [0, 0.05) is 29.2 Å². The first kappa shape index (κ1) is 26.1. The van der Waals surface area contributed by atoms with Crippen molar-refractivity contribution in [2.45, 2.75) is 32.2 Å². The van der Waals surface area contributed by atoms with Crippen LogP contribution in [0.2, 0.25) is 0 Å². The Hall–Kier alpha value is -4.01. The van der Waals surface area contributed by atoms with Crippen LogP contribution in [0, 0.1) is 20.8 Å². The average Bonchev–Trinajstić information content (AvgIpc) is 3.18. The zero-order chi connectivity index (χ0) is 26.4. The van der Waals surface area contributed by atoms with Crippen molar-refractivity contribution in [1.82, 2.24) is 14.3 Å². The molecule has 0 aliphatic rings. The zero-order valence-electron chi connectivity index (χ0n) is 21.1. The van der Waals surface area contributed by atoms with Crippen LogP contribution in [0.15, 0.2) is 101 Å². The largest absolute Gasteiger partial charge is 0.318 e. The van der Waals surface area contributed by atoms with E-state index in [0.29, 0.717) is 0 Å². The Morgan fingerprint density at radius 3 is 2.19 bits per heavy atom. The number of aromatic nitrogens is 1. The van der Waals surface area contributed by atoms with Gasteiger partial charge in [-0.3, -0.25) is 4.79 Å². The lowest BCUT2D eigenvalue weighted by Crippen LogP contribution is -2.39. The third-order valence-corrected chi connectivity index (χ3v) is 7.86. The molecular formula is C29H30N4O3S. The van der Waals surface area contributed by atoms with Crippen LogP contribution >= 0.6 is 0 Å². The van der Waals surface area contributed by atoms with E-state index in [1.165, 1.54) is 17.7 Å². The van der Waals surface area contributed by atoms with E-state index < -0.39 is 15.9 Å². The minimum absolute atomic E-state index is 0.0624. The number of hydrazone groups is 1. The summed E-state index contributed by atoms with van der Waals surface area (Å²) in [6, 6.07) is 27.5. The second kappa shape index (κ2) is 11.4. The van der Waals surface area contributed by atoms with E-state index in [2.05, 4.69) is 39.4 Å². The summed E-state index contributed by atoms with van der Waals surface area (Å²) >= 11 is 0. The van der Waals surface area contributed by atoms with Crippen LogP contribution in [0.5, 0.6) is 0 Å². The molecule has 37 heavy (non-hydrogen) atoms. The topological polar surface area (TPSA) is 83.8 Å². The molecule has 1 N–H and O–H groups in total. The SMILES string of the molecule is Cc1ccc(-n2c(C)cc(/C=N/NC(=O)CN(Cc3ccccc3)S(=O)(=O)c3ccccc3)c2C)cc1. The number of hydrogen-bond acceptors (Lipinski definition) is 4. The number of nitrogens with zero attached hydrogens (tertiary/aromatic N) is 3. The Morgan fingerprint density at radius 2 is 1.54 bits per heavy atom. The molecule has 0 aliphatic heterocycles. The Bertz CT molecular complexity index is 1490. The molecule has 1 amide bonds. The third-order valence-electron chi connectivity index (χ3n) is 6.06. The van der Waals surface area contributed by atoms with Crippen LogP contribution in [0.1, 0.15) is 28.1 Å². The van der Waals surface area contributed by atoms with Gasteiger partial charge in [-0.05, 0) is 56.7 Å². The highest BCUT2D eigenvalue weighted by atomic mass is 32.2. The maximum Gasteiger partial charge on any atom is 0.255 e. The fourth-order valence-corrected chi connectivity index (χ4v) is 5.54. The Labute approximate surface area is 218 Å². The van der Waals surface area contributed by atoms with Crippen LogP contribution in [0.3, 0.4) is 0 Å². The van der Waals surface area contributed by atoms with E-state index in [1.54, 1.807) is 24.4 Å². The van der Waals surface area contributed by atoms with Gasteiger partial charge in [0.1, 0.15) is 0 Å². The summed E-state index contributed by atoms with van der Waals surface area (Å²) in [6.07, 6.45) is 1.58. The van der Waals surface area contributed by atoms with Crippen molar-refractivity contribution in [3.8, 4) is 5.69 Å². The van der Waals surface area contributed by atoms with E-state index >= 15 is 0 Å². The van der Waals surface area contributed by atoms with E-state index in [1.807, 2.05) is 57.2 Å². The van der Waals surface area contributed by atoms with E-state index in [-0.39, 0.29) is 18.0 Å². The van der Waals surface area contributed by atoms with Gasteiger partial charge in [-0.15, -0.1) is 0 Å². The quantitative estimate of drug-likeness (QED) is 0.259. The fourth-order valence-electron chi connectivity index (χ4n) is 4.13. The summed E-state index contributed by atoms with van der Waals surface area (Å²) < 4.78 is 29.9. The van der Waals surface area contributed by atoms with E-state index in [4.69, 9.17) is 0 Å². The van der Waals surface area contributed by atoms with Crippen molar-refractivity contribution in [2.75, 3.05) is 6.54 Å². The Balaban J connectivity index is 1.50. The van der Waals surface area contributed by atoms with Crippen LogP contribution < -0.4 is 5.43 Å². The molecule has 0 spiro atoms. The van der Waals surface area contributed by atoms with Crippen molar-refractivity contribution in [1.29, 1.82) is 0 Å². The van der Waals surface area contributed by atoms with Crippen molar-refractivity contribution >= 4 is 22.1 Å². The van der Waals surface area contributed by atoms with Crippen molar-refractivity contribution < 1.29 is 13.2 Å². The number of amides is 1. The molecule has 0 unspecified atom stereocenters. The normalized spacial score (nSPS) is 11.8. The maximum atomic E-state index is 13.3. The molecule has 3 aromatic carbocycles. The standard InChI is InChI=1S/C29H30N4O3S/c1-22-14-16-27(17-15-22)33-23(2)18-26(24(33)3)19-30-31-29(34)21-32(20-25-10-6-4-7-11-25)37(35,36)28-12-8-5-9-13-28/h4-19H,20-21H2,1-3H3,(H,31,34)/b30-19+. The number of rotatable bonds is 9. The maximum absolute atomic E-state index is 13.3. The molecule has 8 heteroatoms. The van der Waals surface area contributed by atoms with Crippen LogP contribution in [0.4, 0.5) is 0 Å². The second-order valence-corrected chi connectivity index (χ2v) is 10.8. The Morgan fingerprint density at radius 1 is 0.919 bits per heavy atom. The first-order valence-electron chi connectivity index (χ1n) is 11.9.